The van der Waals surface area contributed by atoms with E-state index in [1.54, 1.807) is 54.6 Å². The van der Waals surface area contributed by atoms with E-state index in [1.165, 1.54) is 0 Å². The van der Waals surface area contributed by atoms with Gasteiger partial charge in [-0.05, 0) is 31.2 Å². The van der Waals surface area contributed by atoms with E-state index in [9.17, 15) is 19.2 Å². The van der Waals surface area contributed by atoms with E-state index in [0.29, 0.717) is 11.3 Å². The highest BCUT2D eigenvalue weighted by atomic mass is 16.2. The lowest BCUT2D eigenvalue weighted by atomic mass is 10.0. The zero-order chi connectivity index (χ0) is 20.3. The molecule has 5 amide bonds. The summed E-state index contributed by atoms with van der Waals surface area (Å²) in [6, 6.07) is 14.2. The first-order chi connectivity index (χ1) is 13.4. The van der Waals surface area contributed by atoms with Gasteiger partial charge >= 0.3 is 6.03 Å². The number of nitrogens with one attached hydrogen (secondary N) is 3. The van der Waals surface area contributed by atoms with Crippen molar-refractivity contribution < 1.29 is 19.2 Å². The van der Waals surface area contributed by atoms with Crippen LogP contribution in [0.3, 0.4) is 0 Å². The Morgan fingerprint density at radius 3 is 2.29 bits per heavy atom. The third kappa shape index (κ3) is 3.75. The van der Waals surface area contributed by atoms with Gasteiger partial charge in [-0.3, -0.25) is 25.1 Å². The Labute approximate surface area is 161 Å². The van der Waals surface area contributed by atoms with Crippen molar-refractivity contribution in [3.05, 3.63) is 78.0 Å². The molecule has 2 aromatic rings. The van der Waals surface area contributed by atoms with Crippen LogP contribution >= 0.6 is 0 Å². The Morgan fingerprint density at radius 1 is 1.00 bits per heavy atom. The van der Waals surface area contributed by atoms with Crippen LogP contribution in [0.15, 0.2) is 66.9 Å². The topological polar surface area (TPSA) is 108 Å². The molecule has 2 aromatic carbocycles. The molecule has 3 rings (SSSR count). The highest BCUT2D eigenvalue weighted by Gasteiger charge is 2.43. The first-order valence-electron chi connectivity index (χ1n) is 8.44. The third-order valence-corrected chi connectivity index (χ3v) is 4.18. The molecule has 1 aliphatic rings. The van der Waals surface area contributed by atoms with Crippen molar-refractivity contribution in [2.45, 2.75) is 6.92 Å². The number of hydrogen-bond donors (Lipinski definition) is 3. The number of amides is 5. The quantitative estimate of drug-likeness (QED) is 0.542. The normalized spacial score (nSPS) is 16.4. The fourth-order valence-corrected chi connectivity index (χ4v) is 2.69. The zero-order valence-corrected chi connectivity index (χ0v) is 15.1. The standard InChI is InChI=1S/C20H18N4O4/c1-12-8-10-15(11-9-12)24-19(27)16(18(26)21-20(24)28)13(2)22-23-17(25)14-6-4-3-5-7-14/h3-11,16,22H,2H2,1H3,(H,23,25)(H,21,26,28)/t16-/m1/s1. The predicted octanol–water partition coefficient (Wildman–Crippen LogP) is 1.64. The van der Waals surface area contributed by atoms with Gasteiger partial charge in [-0.15, -0.1) is 0 Å². The molecule has 0 radical (unpaired) electrons. The van der Waals surface area contributed by atoms with Gasteiger partial charge in [-0.25, -0.2) is 9.69 Å². The molecule has 0 bridgehead atoms. The lowest BCUT2D eigenvalue weighted by Crippen LogP contribution is -2.60. The summed E-state index contributed by atoms with van der Waals surface area (Å²) < 4.78 is 0. The van der Waals surface area contributed by atoms with Crippen LogP contribution in [0.1, 0.15) is 15.9 Å². The monoisotopic (exact) mass is 378 g/mol. The van der Waals surface area contributed by atoms with Gasteiger partial charge in [0.05, 0.1) is 5.69 Å². The summed E-state index contributed by atoms with van der Waals surface area (Å²) in [4.78, 5) is 50.2. The average Bonchev–Trinajstić information content (AvgIpc) is 2.68. The van der Waals surface area contributed by atoms with Crippen LogP contribution in [0.4, 0.5) is 10.5 Å². The maximum Gasteiger partial charge on any atom is 0.335 e. The van der Waals surface area contributed by atoms with E-state index in [1.807, 2.05) is 6.92 Å². The summed E-state index contributed by atoms with van der Waals surface area (Å²) in [5.41, 5.74) is 6.49. The van der Waals surface area contributed by atoms with Crippen LogP contribution < -0.4 is 21.1 Å². The molecule has 0 unspecified atom stereocenters. The van der Waals surface area contributed by atoms with Crippen molar-refractivity contribution in [1.29, 1.82) is 0 Å². The number of urea groups is 1. The van der Waals surface area contributed by atoms with Crippen LogP contribution in [0.25, 0.3) is 0 Å². The highest BCUT2D eigenvalue weighted by molar-refractivity contribution is 6.28. The van der Waals surface area contributed by atoms with Gasteiger partial charge in [-0.2, -0.15) is 0 Å². The molecule has 28 heavy (non-hydrogen) atoms. The van der Waals surface area contributed by atoms with E-state index >= 15 is 0 Å². The van der Waals surface area contributed by atoms with Crippen LogP contribution in [0.5, 0.6) is 0 Å². The molecule has 1 aliphatic heterocycles. The Hall–Kier alpha value is -3.94. The zero-order valence-electron chi connectivity index (χ0n) is 15.1. The summed E-state index contributed by atoms with van der Waals surface area (Å²) in [7, 11) is 0. The van der Waals surface area contributed by atoms with Crippen molar-refractivity contribution in [2.75, 3.05) is 4.90 Å². The molecule has 142 valence electrons. The van der Waals surface area contributed by atoms with E-state index in [2.05, 4.69) is 22.7 Å². The van der Waals surface area contributed by atoms with Crippen LogP contribution in [-0.4, -0.2) is 23.8 Å². The Balaban J connectivity index is 1.74. The Kier molecular flexibility index (Phi) is 5.21. The molecule has 0 spiro atoms. The van der Waals surface area contributed by atoms with Crippen LogP contribution in [0.2, 0.25) is 0 Å². The molecule has 1 fully saturated rings. The minimum Gasteiger partial charge on any atom is -0.302 e. The minimum absolute atomic E-state index is 0.0589. The number of hydrogen-bond acceptors (Lipinski definition) is 5. The van der Waals surface area contributed by atoms with E-state index in [-0.39, 0.29) is 5.70 Å². The highest BCUT2D eigenvalue weighted by Crippen LogP contribution is 2.23. The second-order valence-corrected chi connectivity index (χ2v) is 6.21. The molecule has 8 nitrogen and oxygen atoms in total. The smallest absolute Gasteiger partial charge is 0.302 e. The van der Waals surface area contributed by atoms with Crippen molar-refractivity contribution >= 4 is 29.4 Å². The Morgan fingerprint density at radius 2 is 1.64 bits per heavy atom. The molecule has 3 N–H and O–H groups in total. The number of anilines is 1. The molecule has 1 atom stereocenters. The maximum atomic E-state index is 12.8. The second kappa shape index (κ2) is 7.75. The molecular formula is C20H18N4O4. The lowest BCUT2D eigenvalue weighted by Gasteiger charge is -2.31. The second-order valence-electron chi connectivity index (χ2n) is 6.21. The average molecular weight is 378 g/mol. The third-order valence-electron chi connectivity index (χ3n) is 4.18. The lowest BCUT2D eigenvalue weighted by molar-refractivity contribution is -0.132. The maximum absolute atomic E-state index is 12.8. The van der Waals surface area contributed by atoms with Crippen molar-refractivity contribution in [3.8, 4) is 0 Å². The number of carbonyl (C=O) groups is 4. The van der Waals surface area contributed by atoms with Crippen LogP contribution in [-0.2, 0) is 9.59 Å². The molecule has 1 saturated heterocycles. The fraction of sp³-hybridized carbons (Fsp3) is 0.100. The number of benzene rings is 2. The molecule has 0 aromatic heterocycles. The molecule has 8 heteroatoms. The van der Waals surface area contributed by atoms with Crippen molar-refractivity contribution in [2.24, 2.45) is 5.92 Å². The number of hydrazine groups is 1. The minimum atomic E-state index is -1.38. The largest absolute Gasteiger partial charge is 0.335 e. The SMILES string of the molecule is C=C(NNC(=O)c1ccccc1)[C@@H]1C(=O)NC(=O)N(c2ccc(C)cc2)C1=O. The first-order valence-corrected chi connectivity index (χ1v) is 8.44. The summed E-state index contributed by atoms with van der Waals surface area (Å²) in [5, 5.41) is 2.14. The summed E-state index contributed by atoms with van der Waals surface area (Å²) in [6.07, 6.45) is 0. The molecule has 0 saturated carbocycles. The molecule has 0 aliphatic carbocycles. The van der Waals surface area contributed by atoms with Gasteiger partial charge in [0.2, 0.25) is 5.91 Å². The van der Waals surface area contributed by atoms with Gasteiger partial charge in [-0.1, -0.05) is 42.5 Å². The fourth-order valence-electron chi connectivity index (χ4n) is 2.69. The predicted molar refractivity (Wildman–Crippen MR) is 102 cm³/mol. The van der Waals surface area contributed by atoms with Gasteiger partial charge in [0.15, 0.2) is 5.92 Å². The van der Waals surface area contributed by atoms with E-state index in [0.717, 1.165) is 10.5 Å². The van der Waals surface area contributed by atoms with E-state index < -0.39 is 29.7 Å². The van der Waals surface area contributed by atoms with Gasteiger partial charge < -0.3 is 5.43 Å². The number of nitrogens with zero attached hydrogens (tertiary/aromatic N) is 1. The number of aryl methyl sites for hydroxylation is 1. The van der Waals surface area contributed by atoms with Crippen molar-refractivity contribution in [1.82, 2.24) is 16.2 Å². The summed E-state index contributed by atoms with van der Waals surface area (Å²) in [6.45, 7) is 5.54. The van der Waals surface area contributed by atoms with Gasteiger partial charge in [0.25, 0.3) is 11.8 Å². The number of imide groups is 2. The number of rotatable bonds is 5. The van der Waals surface area contributed by atoms with Gasteiger partial charge in [0, 0.05) is 11.3 Å². The first kappa shape index (κ1) is 18.8. The summed E-state index contributed by atoms with van der Waals surface area (Å²) in [5.74, 6) is -3.42. The number of carbonyl (C=O) groups excluding carboxylic acids is 4. The Bertz CT molecular complexity index is 954. The van der Waals surface area contributed by atoms with Gasteiger partial charge in [0.1, 0.15) is 0 Å². The van der Waals surface area contributed by atoms with Crippen LogP contribution in [0, 0.1) is 12.8 Å². The molecule has 1 heterocycles. The molecular weight excluding hydrogens is 360 g/mol. The summed E-state index contributed by atoms with van der Waals surface area (Å²) >= 11 is 0. The van der Waals surface area contributed by atoms with Crippen molar-refractivity contribution in [3.63, 3.8) is 0 Å². The number of barbiturate groups is 1. The van der Waals surface area contributed by atoms with E-state index in [4.69, 9.17) is 0 Å².